The maximum atomic E-state index is 13.0. The van der Waals surface area contributed by atoms with E-state index < -0.39 is 33.3 Å². The number of hydrogen-bond acceptors (Lipinski definition) is 7. The van der Waals surface area contributed by atoms with Crippen molar-refractivity contribution in [3.8, 4) is 5.75 Å². The third-order valence-corrected chi connectivity index (χ3v) is 5.52. The number of para-hydroxylation sites is 2. The summed E-state index contributed by atoms with van der Waals surface area (Å²) in [6.07, 6.45) is 0.870. The zero-order valence-corrected chi connectivity index (χ0v) is 16.9. The Kier molecular flexibility index (Phi) is 5.60. The summed E-state index contributed by atoms with van der Waals surface area (Å²) in [5.74, 6) is -1.08. The lowest BCUT2D eigenvalue weighted by atomic mass is 10.2. The van der Waals surface area contributed by atoms with Crippen LogP contribution in [0.5, 0.6) is 5.75 Å². The van der Waals surface area contributed by atoms with E-state index >= 15 is 0 Å². The summed E-state index contributed by atoms with van der Waals surface area (Å²) < 4.78 is 30.8. The van der Waals surface area contributed by atoms with Gasteiger partial charge in [-0.1, -0.05) is 12.1 Å². The first-order chi connectivity index (χ1) is 14.1. The number of benzene rings is 2. The number of fused-ring (bicyclic) bond motifs is 1. The van der Waals surface area contributed by atoms with Gasteiger partial charge in [0.1, 0.15) is 24.5 Å². The van der Waals surface area contributed by atoms with Crippen LogP contribution >= 0.6 is 0 Å². The fourth-order valence-corrected chi connectivity index (χ4v) is 3.88. The second-order valence-corrected chi connectivity index (χ2v) is 8.33. The van der Waals surface area contributed by atoms with Crippen molar-refractivity contribution in [3.63, 3.8) is 0 Å². The van der Waals surface area contributed by atoms with Crippen LogP contribution in [0.4, 0.5) is 22.7 Å². The van der Waals surface area contributed by atoms with Gasteiger partial charge in [-0.3, -0.25) is 28.9 Å². The molecule has 1 aliphatic heterocycles. The van der Waals surface area contributed by atoms with Crippen LogP contribution in [0.2, 0.25) is 0 Å². The number of nitro benzene ring substituents is 1. The topological polar surface area (TPSA) is 139 Å². The number of nitrogens with one attached hydrogen (secondary N) is 1. The highest BCUT2D eigenvalue weighted by Gasteiger charge is 2.32. The molecule has 12 heteroatoms. The monoisotopic (exact) mass is 434 g/mol. The Hall–Kier alpha value is -3.67. The number of carbonyl (C=O) groups excluding carboxylic acids is 2. The van der Waals surface area contributed by atoms with Crippen molar-refractivity contribution in [1.82, 2.24) is 0 Å². The number of sulfonamides is 1. The molecule has 0 radical (unpaired) electrons. The molecular weight excluding hydrogens is 416 g/mol. The molecule has 1 heterocycles. The van der Waals surface area contributed by atoms with Gasteiger partial charge in [0.15, 0.2) is 0 Å². The van der Waals surface area contributed by atoms with Crippen molar-refractivity contribution in [2.24, 2.45) is 0 Å². The number of hydrogen-bond donors (Lipinski definition) is 1. The Bertz CT molecular complexity index is 1130. The number of nitrogens with zero attached hydrogens (tertiary/aromatic N) is 3. The predicted molar refractivity (Wildman–Crippen MR) is 109 cm³/mol. The SMILES string of the molecule is COc1ccc([N+](=O)[O-])cc1N(CC(=O)N1CC(=O)Nc2ccccc21)S(C)(=O)=O. The standard InChI is InChI=1S/C18H18N4O7S/c1-29-16-8-7-12(22(25)26)9-15(16)21(30(2,27)28)11-18(24)20-10-17(23)19-13-5-3-4-6-14(13)20/h3-9H,10-11H2,1-2H3,(H,19,23). The zero-order chi connectivity index (χ0) is 22.1. The molecule has 3 rings (SSSR count). The van der Waals surface area contributed by atoms with Gasteiger partial charge in [-0.05, 0) is 18.2 Å². The minimum Gasteiger partial charge on any atom is -0.495 e. The Morgan fingerprint density at radius 3 is 2.63 bits per heavy atom. The zero-order valence-electron chi connectivity index (χ0n) is 16.1. The van der Waals surface area contributed by atoms with E-state index in [-0.39, 0.29) is 23.7 Å². The molecule has 0 bridgehead atoms. The predicted octanol–water partition coefficient (Wildman–Crippen LogP) is 1.35. The quantitative estimate of drug-likeness (QED) is 0.535. The fourth-order valence-electron chi connectivity index (χ4n) is 3.03. The van der Waals surface area contributed by atoms with Gasteiger partial charge in [-0.2, -0.15) is 0 Å². The number of amides is 2. The molecule has 0 atom stereocenters. The first-order valence-electron chi connectivity index (χ1n) is 8.61. The first kappa shape index (κ1) is 21.0. The summed E-state index contributed by atoms with van der Waals surface area (Å²) in [6, 6.07) is 10.0. The summed E-state index contributed by atoms with van der Waals surface area (Å²) in [7, 11) is -2.76. The smallest absolute Gasteiger partial charge is 0.271 e. The molecule has 0 unspecified atom stereocenters. The van der Waals surface area contributed by atoms with E-state index in [2.05, 4.69) is 5.32 Å². The van der Waals surface area contributed by atoms with Crippen molar-refractivity contribution in [1.29, 1.82) is 0 Å². The number of nitro groups is 1. The summed E-state index contributed by atoms with van der Waals surface area (Å²) in [6.45, 7) is -0.975. The highest BCUT2D eigenvalue weighted by molar-refractivity contribution is 7.92. The van der Waals surface area contributed by atoms with Crippen LogP contribution in [0.3, 0.4) is 0 Å². The van der Waals surface area contributed by atoms with Crippen molar-refractivity contribution >= 4 is 44.6 Å². The molecule has 2 aromatic rings. The molecule has 2 aromatic carbocycles. The van der Waals surface area contributed by atoms with E-state index in [1.54, 1.807) is 24.3 Å². The molecule has 0 saturated heterocycles. The molecular formula is C18H18N4O7S. The van der Waals surface area contributed by atoms with E-state index in [1.165, 1.54) is 13.2 Å². The van der Waals surface area contributed by atoms with Crippen molar-refractivity contribution in [2.45, 2.75) is 0 Å². The van der Waals surface area contributed by atoms with Crippen molar-refractivity contribution in [3.05, 3.63) is 52.6 Å². The number of methoxy groups -OCH3 is 1. The van der Waals surface area contributed by atoms with Crippen LogP contribution in [-0.2, 0) is 19.6 Å². The molecule has 0 saturated carbocycles. The molecule has 0 fully saturated rings. The van der Waals surface area contributed by atoms with E-state index in [9.17, 15) is 28.1 Å². The molecule has 0 aliphatic carbocycles. The van der Waals surface area contributed by atoms with Crippen LogP contribution in [-0.4, -0.2) is 51.6 Å². The molecule has 158 valence electrons. The molecule has 30 heavy (non-hydrogen) atoms. The second kappa shape index (κ2) is 7.99. The van der Waals surface area contributed by atoms with Gasteiger partial charge in [-0.15, -0.1) is 0 Å². The van der Waals surface area contributed by atoms with Gasteiger partial charge < -0.3 is 10.1 Å². The maximum absolute atomic E-state index is 13.0. The molecule has 11 nitrogen and oxygen atoms in total. The van der Waals surface area contributed by atoms with Crippen LogP contribution in [0.1, 0.15) is 0 Å². The van der Waals surface area contributed by atoms with Gasteiger partial charge in [0.05, 0.1) is 29.7 Å². The largest absolute Gasteiger partial charge is 0.495 e. The fraction of sp³-hybridized carbons (Fsp3) is 0.222. The summed E-state index contributed by atoms with van der Waals surface area (Å²) in [5.41, 5.74) is 0.314. The Morgan fingerprint density at radius 2 is 2.00 bits per heavy atom. The lowest BCUT2D eigenvalue weighted by molar-refractivity contribution is -0.384. The molecule has 2 amide bonds. The Balaban J connectivity index is 2.02. The van der Waals surface area contributed by atoms with Crippen LogP contribution < -0.4 is 19.3 Å². The van der Waals surface area contributed by atoms with E-state index in [0.717, 1.165) is 27.6 Å². The average Bonchev–Trinajstić information content (AvgIpc) is 2.69. The third kappa shape index (κ3) is 4.17. The van der Waals surface area contributed by atoms with Gasteiger partial charge in [-0.25, -0.2) is 8.42 Å². The number of non-ortho nitro benzene ring substituents is 1. The Morgan fingerprint density at radius 1 is 1.30 bits per heavy atom. The summed E-state index contributed by atoms with van der Waals surface area (Å²) in [4.78, 5) is 36.6. The van der Waals surface area contributed by atoms with Crippen LogP contribution in [0, 0.1) is 10.1 Å². The average molecular weight is 434 g/mol. The third-order valence-electron chi connectivity index (χ3n) is 4.39. The van der Waals surface area contributed by atoms with E-state index in [4.69, 9.17) is 4.74 Å². The number of rotatable bonds is 6. The minimum atomic E-state index is -4.03. The molecule has 0 spiro atoms. The van der Waals surface area contributed by atoms with Crippen molar-refractivity contribution in [2.75, 3.05) is 41.0 Å². The second-order valence-electron chi connectivity index (χ2n) is 6.43. The lowest BCUT2D eigenvalue weighted by Crippen LogP contribution is -2.47. The van der Waals surface area contributed by atoms with E-state index in [0.29, 0.717) is 11.4 Å². The molecule has 0 aromatic heterocycles. The van der Waals surface area contributed by atoms with Gasteiger partial charge in [0.2, 0.25) is 21.8 Å². The molecule has 1 N–H and O–H groups in total. The van der Waals surface area contributed by atoms with E-state index in [1.807, 2.05) is 0 Å². The summed E-state index contributed by atoms with van der Waals surface area (Å²) in [5, 5.41) is 13.8. The normalized spacial score (nSPS) is 13.3. The number of ether oxygens (including phenoxy) is 1. The lowest BCUT2D eigenvalue weighted by Gasteiger charge is -2.31. The van der Waals surface area contributed by atoms with Crippen LogP contribution in [0.15, 0.2) is 42.5 Å². The van der Waals surface area contributed by atoms with Crippen molar-refractivity contribution < 1.29 is 27.7 Å². The van der Waals surface area contributed by atoms with Gasteiger partial charge in [0, 0.05) is 12.1 Å². The highest BCUT2D eigenvalue weighted by atomic mass is 32.2. The number of carbonyl (C=O) groups is 2. The van der Waals surface area contributed by atoms with Crippen LogP contribution in [0.25, 0.3) is 0 Å². The molecule has 1 aliphatic rings. The van der Waals surface area contributed by atoms with Gasteiger partial charge in [0.25, 0.3) is 5.69 Å². The maximum Gasteiger partial charge on any atom is 0.271 e. The van der Waals surface area contributed by atoms with Gasteiger partial charge >= 0.3 is 0 Å². The Labute approximate surface area is 172 Å². The number of anilines is 3. The summed E-state index contributed by atoms with van der Waals surface area (Å²) >= 11 is 0. The minimum absolute atomic E-state index is 0.0376. The highest BCUT2D eigenvalue weighted by Crippen LogP contribution is 2.34. The first-order valence-corrected chi connectivity index (χ1v) is 10.5.